The topological polar surface area (TPSA) is 88.6 Å². The molecule has 0 atom stereocenters. The molecule has 0 heterocycles. The van der Waals surface area contributed by atoms with Crippen molar-refractivity contribution < 1.29 is 14.5 Å². The molecule has 0 fully saturated rings. The van der Waals surface area contributed by atoms with E-state index in [1.54, 1.807) is 19.9 Å². The number of oxime groups is 3. The molecule has 7 nitrogen and oxygen atoms in total. The van der Waals surface area contributed by atoms with Crippen LogP contribution < -0.4 is 0 Å². The largest absolute Gasteiger partial charge is 0.399 e. The zero-order valence-corrected chi connectivity index (χ0v) is 13.0. The number of benzene rings is 1. The van der Waals surface area contributed by atoms with Crippen LogP contribution in [-0.4, -0.2) is 31.4 Å². The zero-order valence-electron chi connectivity index (χ0n) is 13.0. The Labute approximate surface area is 129 Å². The summed E-state index contributed by atoms with van der Waals surface area (Å²) in [5, 5.41) is 20.5. The van der Waals surface area contributed by atoms with Gasteiger partial charge in [0.2, 0.25) is 0 Å². The molecule has 22 heavy (non-hydrogen) atoms. The Bertz CT molecular complexity index is 630. The highest BCUT2D eigenvalue weighted by atomic mass is 16.6. The second-order valence-electron chi connectivity index (χ2n) is 4.20. The Balaban J connectivity index is 2.88. The van der Waals surface area contributed by atoms with Crippen LogP contribution in [0.2, 0.25) is 0 Å². The SMILES string of the molecule is CO/N=C(C)/C(C)=N/OCc1ccccc1/C(C#N)=N\OC. The van der Waals surface area contributed by atoms with Crippen LogP contribution in [0, 0.1) is 11.3 Å². The summed E-state index contributed by atoms with van der Waals surface area (Å²) in [4.78, 5) is 14.6. The maximum absolute atomic E-state index is 9.12. The molecule has 0 aromatic heterocycles. The first-order valence-electron chi connectivity index (χ1n) is 6.48. The van der Waals surface area contributed by atoms with Gasteiger partial charge >= 0.3 is 0 Å². The quantitative estimate of drug-likeness (QED) is 0.571. The fraction of sp³-hybridized carbons (Fsp3) is 0.333. The minimum atomic E-state index is 0.180. The summed E-state index contributed by atoms with van der Waals surface area (Å²) in [5.41, 5.74) is 2.82. The molecule has 0 saturated heterocycles. The molecule has 0 unspecified atom stereocenters. The standard InChI is InChI=1S/C15H18N4O3/c1-11(17-20-3)12(2)18-22-10-13-7-5-6-8-14(13)15(9-16)19-21-4/h5-8H,10H2,1-4H3/b17-11+,18-12+,19-15-. The Morgan fingerprint density at radius 3 is 2.32 bits per heavy atom. The van der Waals surface area contributed by atoms with Gasteiger partial charge in [0.25, 0.3) is 0 Å². The van der Waals surface area contributed by atoms with Crippen molar-refractivity contribution in [2.24, 2.45) is 15.5 Å². The van der Waals surface area contributed by atoms with Crippen molar-refractivity contribution in [1.82, 2.24) is 0 Å². The van der Waals surface area contributed by atoms with E-state index in [4.69, 9.17) is 10.1 Å². The van der Waals surface area contributed by atoms with E-state index in [1.165, 1.54) is 14.2 Å². The highest BCUT2D eigenvalue weighted by Crippen LogP contribution is 2.12. The summed E-state index contributed by atoms with van der Waals surface area (Å²) >= 11 is 0. The van der Waals surface area contributed by atoms with Gasteiger partial charge in [-0.25, -0.2) is 0 Å². The van der Waals surface area contributed by atoms with Crippen LogP contribution >= 0.6 is 0 Å². The van der Waals surface area contributed by atoms with E-state index in [-0.39, 0.29) is 12.3 Å². The lowest BCUT2D eigenvalue weighted by Crippen LogP contribution is -2.08. The molecule has 0 bridgehead atoms. The zero-order chi connectivity index (χ0) is 16.4. The Morgan fingerprint density at radius 1 is 1.05 bits per heavy atom. The minimum absolute atomic E-state index is 0.180. The predicted octanol–water partition coefficient (Wildman–Crippen LogP) is 2.48. The summed E-state index contributed by atoms with van der Waals surface area (Å²) in [6, 6.07) is 9.25. The number of nitrogens with zero attached hydrogens (tertiary/aromatic N) is 4. The van der Waals surface area contributed by atoms with E-state index >= 15 is 0 Å². The second kappa shape index (κ2) is 9.13. The third kappa shape index (κ3) is 4.90. The molecule has 0 radical (unpaired) electrons. The molecule has 0 N–H and O–H groups in total. The highest BCUT2D eigenvalue weighted by Gasteiger charge is 2.10. The van der Waals surface area contributed by atoms with Crippen LogP contribution in [-0.2, 0) is 21.1 Å². The average molecular weight is 302 g/mol. The lowest BCUT2D eigenvalue weighted by atomic mass is 10.0. The molecule has 0 saturated carbocycles. The van der Waals surface area contributed by atoms with Crippen LogP contribution in [0.3, 0.4) is 0 Å². The molecule has 0 spiro atoms. The van der Waals surface area contributed by atoms with Gasteiger partial charge in [0.05, 0.1) is 0 Å². The number of nitriles is 1. The first kappa shape index (κ1) is 17.2. The van der Waals surface area contributed by atoms with E-state index in [2.05, 4.69) is 25.1 Å². The Hall–Kier alpha value is -2.88. The normalized spacial score (nSPS) is 12.6. The molecular formula is C15H18N4O3. The molecule has 0 amide bonds. The van der Waals surface area contributed by atoms with E-state index in [9.17, 15) is 0 Å². The van der Waals surface area contributed by atoms with E-state index < -0.39 is 0 Å². The molecular weight excluding hydrogens is 284 g/mol. The molecule has 0 aliphatic heterocycles. The van der Waals surface area contributed by atoms with Gasteiger partial charge in [-0.15, -0.1) is 0 Å². The molecule has 1 aromatic rings. The van der Waals surface area contributed by atoms with Gasteiger partial charge in [-0.2, -0.15) is 5.26 Å². The molecule has 1 rings (SSSR count). The Kier molecular flexibility index (Phi) is 7.13. The highest BCUT2D eigenvalue weighted by molar-refractivity contribution is 6.40. The van der Waals surface area contributed by atoms with Crippen molar-refractivity contribution in [3.8, 4) is 6.07 Å². The van der Waals surface area contributed by atoms with Gasteiger partial charge < -0.3 is 14.5 Å². The summed E-state index contributed by atoms with van der Waals surface area (Å²) in [6.45, 7) is 3.72. The van der Waals surface area contributed by atoms with Crippen molar-refractivity contribution in [2.45, 2.75) is 20.5 Å². The number of rotatable bonds is 7. The second-order valence-corrected chi connectivity index (χ2v) is 4.20. The fourth-order valence-electron chi connectivity index (χ4n) is 1.57. The van der Waals surface area contributed by atoms with Gasteiger partial charge in [0.1, 0.15) is 38.3 Å². The third-order valence-electron chi connectivity index (χ3n) is 2.73. The van der Waals surface area contributed by atoms with Crippen molar-refractivity contribution in [3.63, 3.8) is 0 Å². The third-order valence-corrected chi connectivity index (χ3v) is 2.73. The summed E-state index contributed by atoms with van der Waals surface area (Å²) in [7, 11) is 2.86. The first-order chi connectivity index (χ1) is 10.6. The fourth-order valence-corrected chi connectivity index (χ4v) is 1.57. The van der Waals surface area contributed by atoms with Gasteiger partial charge in [0.15, 0.2) is 5.71 Å². The maximum Gasteiger partial charge on any atom is 0.187 e. The van der Waals surface area contributed by atoms with Crippen molar-refractivity contribution in [2.75, 3.05) is 14.2 Å². The van der Waals surface area contributed by atoms with E-state index in [0.29, 0.717) is 17.0 Å². The van der Waals surface area contributed by atoms with Crippen LogP contribution in [0.4, 0.5) is 0 Å². The predicted molar refractivity (Wildman–Crippen MR) is 83.6 cm³/mol. The molecule has 0 aliphatic rings. The molecule has 116 valence electrons. The molecule has 7 heteroatoms. The monoisotopic (exact) mass is 302 g/mol. The van der Waals surface area contributed by atoms with Gasteiger partial charge in [0, 0.05) is 11.1 Å². The van der Waals surface area contributed by atoms with E-state index in [1.807, 2.05) is 24.3 Å². The van der Waals surface area contributed by atoms with Crippen LogP contribution in [0.15, 0.2) is 39.7 Å². The first-order valence-corrected chi connectivity index (χ1v) is 6.48. The average Bonchev–Trinajstić information content (AvgIpc) is 2.53. The number of hydrogen-bond donors (Lipinski definition) is 0. The smallest absolute Gasteiger partial charge is 0.187 e. The molecule has 1 aromatic carbocycles. The van der Waals surface area contributed by atoms with Crippen molar-refractivity contribution >= 4 is 17.1 Å². The summed E-state index contributed by atoms with van der Waals surface area (Å²) < 4.78 is 0. The summed E-state index contributed by atoms with van der Waals surface area (Å²) in [6.07, 6.45) is 0. The van der Waals surface area contributed by atoms with E-state index in [0.717, 1.165) is 5.56 Å². The van der Waals surface area contributed by atoms with Crippen LogP contribution in [0.1, 0.15) is 25.0 Å². The van der Waals surface area contributed by atoms with Crippen molar-refractivity contribution in [1.29, 1.82) is 5.26 Å². The molecule has 0 aliphatic carbocycles. The summed E-state index contributed by atoms with van der Waals surface area (Å²) in [5.74, 6) is 0. The lowest BCUT2D eigenvalue weighted by Gasteiger charge is -2.07. The van der Waals surface area contributed by atoms with Crippen molar-refractivity contribution in [3.05, 3.63) is 35.4 Å². The van der Waals surface area contributed by atoms with Crippen LogP contribution in [0.25, 0.3) is 0 Å². The van der Waals surface area contributed by atoms with Gasteiger partial charge in [-0.3, -0.25) is 0 Å². The van der Waals surface area contributed by atoms with Gasteiger partial charge in [-0.1, -0.05) is 39.7 Å². The minimum Gasteiger partial charge on any atom is -0.399 e. The Morgan fingerprint density at radius 2 is 1.68 bits per heavy atom. The van der Waals surface area contributed by atoms with Crippen LogP contribution in [0.5, 0.6) is 0 Å². The maximum atomic E-state index is 9.12. The number of hydrogen-bond acceptors (Lipinski definition) is 7. The van der Waals surface area contributed by atoms with Gasteiger partial charge in [-0.05, 0) is 13.8 Å². The lowest BCUT2D eigenvalue weighted by molar-refractivity contribution is 0.130.